The third kappa shape index (κ3) is 3.56. The third-order valence-corrected chi connectivity index (χ3v) is 3.21. The number of hydrazone groups is 1. The average Bonchev–Trinajstić information content (AvgIpc) is 2.42. The molecule has 1 N–H and O–H groups in total. The van der Waals surface area contributed by atoms with Crippen LogP contribution in [-0.2, 0) is 0 Å². The Kier molecular flexibility index (Phi) is 4.58. The number of nitrogens with one attached hydrogen (secondary N) is 1. The monoisotopic (exact) mass is 314 g/mol. The van der Waals surface area contributed by atoms with Crippen molar-refractivity contribution in [3.63, 3.8) is 0 Å². The summed E-state index contributed by atoms with van der Waals surface area (Å²) in [7, 11) is 0. The largest absolute Gasteiger partial charge is 0.260 e. The molecule has 0 saturated carbocycles. The second kappa shape index (κ2) is 6.19. The van der Waals surface area contributed by atoms with Crippen molar-refractivity contribution in [2.24, 2.45) is 5.10 Å². The molecule has 0 saturated heterocycles. The van der Waals surface area contributed by atoms with Gasteiger partial charge < -0.3 is 0 Å². The molecule has 2 heterocycles. The second-order valence-corrected chi connectivity index (χ2v) is 4.79. The fourth-order valence-corrected chi connectivity index (χ4v) is 1.83. The lowest BCUT2D eigenvalue weighted by Crippen LogP contribution is -2.03. The minimum atomic E-state index is 0.166. The fraction of sp³-hybridized carbons (Fsp3) is 0.0833. The number of anilines is 1. The molecule has 0 amide bonds. The number of hydrogen-bond acceptors (Lipinski definition) is 4. The van der Waals surface area contributed by atoms with E-state index in [1.807, 2.05) is 25.1 Å². The maximum Gasteiger partial charge on any atom is 0.166 e. The van der Waals surface area contributed by atoms with Crippen molar-refractivity contribution in [1.82, 2.24) is 9.97 Å². The normalized spacial score (nSPS) is 11.5. The van der Waals surface area contributed by atoms with Gasteiger partial charge >= 0.3 is 0 Å². The first-order valence-electron chi connectivity index (χ1n) is 5.31. The van der Waals surface area contributed by atoms with Crippen molar-refractivity contribution in [3.8, 4) is 0 Å². The Bertz CT molecular complexity index is 614. The summed E-state index contributed by atoms with van der Waals surface area (Å²) in [5.74, 6) is 0.339. The maximum absolute atomic E-state index is 5.98. The van der Waals surface area contributed by atoms with Crippen LogP contribution in [0.3, 0.4) is 0 Å². The molecule has 0 aliphatic carbocycles. The molecule has 0 atom stereocenters. The number of nitrogens with zero attached hydrogens (tertiary/aromatic N) is 3. The van der Waals surface area contributed by atoms with Crippen LogP contribution in [0.4, 0.5) is 5.82 Å². The molecular weight excluding hydrogens is 307 g/mol. The van der Waals surface area contributed by atoms with Gasteiger partial charge in [0.05, 0.1) is 21.5 Å². The summed E-state index contributed by atoms with van der Waals surface area (Å²) in [4.78, 5) is 8.17. The first-order valence-corrected chi connectivity index (χ1v) is 6.44. The first kappa shape index (κ1) is 14.1. The Morgan fingerprint density at radius 1 is 1.21 bits per heavy atom. The van der Waals surface area contributed by atoms with E-state index in [0.29, 0.717) is 21.6 Å². The Hall–Kier alpha value is -1.36. The predicted molar refractivity (Wildman–Crippen MR) is 79.3 cm³/mol. The van der Waals surface area contributed by atoms with Crippen molar-refractivity contribution < 1.29 is 0 Å². The van der Waals surface area contributed by atoms with Gasteiger partial charge in [0.2, 0.25) is 0 Å². The molecule has 98 valence electrons. The molecule has 0 aliphatic rings. The van der Waals surface area contributed by atoms with E-state index in [2.05, 4.69) is 20.5 Å². The molecule has 4 nitrogen and oxygen atoms in total. The molecule has 19 heavy (non-hydrogen) atoms. The summed E-state index contributed by atoms with van der Waals surface area (Å²) in [5, 5.41) is 4.95. The third-order valence-electron chi connectivity index (χ3n) is 2.25. The fourth-order valence-electron chi connectivity index (χ4n) is 1.29. The lowest BCUT2D eigenvalue weighted by atomic mass is 10.3. The van der Waals surface area contributed by atoms with Crippen LogP contribution >= 0.6 is 34.8 Å². The van der Waals surface area contributed by atoms with Gasteiger partial charge in [0.15, 0.2) is 5.82 Å². The molecule has 0 bridgehead atoms. The number of rotatable bonds is 3. The molecule has 7 heteroatoms. The predicted octanol–water partition coefficient (Wildman–Crippen LogP) is 4.27. The summed E-state index contributed by atoms with van der Waals surface area (Å²) in [6.45, 7) is 1.82. The summed E-state index contributed by atoms with van der Waals surface area (Å²) < 4.78 is 0. The number of pyridine rings is 2. The quantitative estimate of drug-likeness (QED) is 0.522. The van der Waals surface area contributed by atoms with Crippen molar-refractivity contribution >= 4 is 46.3 Å². The van der Waals surface area contributed by atoms with E-state index >= 15 is 0 Å². The van der Waals surface area contributed by atoms with Crippen LogP contribution < -0.4 is 5.43 Å². The number of halogens is 3. The Morgan fingerprint density at radius 3 is 2.68 bits per heavy atom. The summed E-state index contributed by atoms with van der Waals surface area (Å²) in [5.41, 5.74) is 4.20. The molecule has 0 aromatic carbocycles. The molecule has 2 aromatic rings. The van der Waals surface area contributed by atoms with Gasteiger partial charge in [-0.1, -0.05) is 40.9 Å². The Labute approximate surface area is 125 Å². The Morgan fingerprint density at radius 2 is 2.00 bits per heavy atom. The minimum absolute atomic E-state index is 0.166. The van der Waals surface area contributed by atoms with Crippen molar-refractivity contribution in [2.75, 3.05) is 5.43 Å². The van der Waals surface area contributed by atoms with Gasteiger partial charge in [-0.25, -0.2) is 4.98 Å². The molecule has 0 radical (unpaired) electrons. The topological polar surface area (TPSA) is 50.2 Å². The zero-order chi connectivity index (χ0) is 13.8. The van der Waals surface area contributed by atoms with Gasteiger partial charge in [-0.3, -0.25) is 10.4 Å². The Balaban J connectivity index is 2.21. The van der Waals surface area contributed by atoms with Gasteiger partial charge in [-0.2, -0.15) is 5.10 Å². The van der Waals surface area contributed by atoms with Crippen LogP contribution in [0.5, 0.6) is 0 Å². The van der Waals surface area contributed by atoms with Gasteiger partial charge in [0, 0.05) is 6.20 Å². The zero-order valence-corrected chi connectivity index (χ0v) is 12.1. The molecule has 0 aliphatic heterocycles. The highest BCUT2D eigenvalue weighted by Crippen LogP contribution is 2.28. The summed E-state index contributed by atoms with van der Waals surface area (Å²) in [6, 6.07) is 7.07. The van der Waals surface area contributed by atoms with Crippen LogP contribution in [-0.4, -0.2) is 15.7 Å². The minimum Gasteiger partial charge on any atom is -0.260 e. The van der Waals surface area contributed by atoms with E-state index in [0.717, 1.165) is 5.69 Å². The van der Waals surface area contributed by atoms with Crippen LogP contribution in [0.25, 0.3) is 0 Å². The van der Waals surface area contributed by atoms with Gasteiger partial charge in [0.25, 0.3) is 0 Å². The standard InChI is InChI=1S/C12H9Cl3N4/c1-7(10-4-2-3-5-16-10)18-19-12-9(14)6-8(13)11(15)17-12/h2-6H,1H3,(H,17,19). The lowest BCUT2D eigenvalue weighted by molar-refractivity contribution is 1.20. The molecule has 0 spiro atoms. The van der Waals surface area contributed by atoms with E-state index < -0.39 is 0 Å². The molecule has 2 rings (SSSR count). The molecule has 2 aromatic heterocycles. The van der Waals surface area contributed by atoms with Gasteiger partial charge in [-0.05, 0) is 25.1 Å². The SMILES string of the molecule is CC(=NNc1nc(Cl)c(Cl)cc1Cl)c1ccccn1. The highest BCUT2D eigenvalue weighted by Gasteiger charge is 2.07. The van der Waals surface area contributed by atoms with Crippen LogP contribution in [0.2, 0.25) is 15.2 Å². The first-order chi connectivity index (χ1) is 9.08. The van der Waals surface area contributed by atoms with E-state index in [4.69, 9.17) is 34.8 Å². The van der Waals surface area contributed by atoms with E-state index in [9.17, 15) is 0 Å². The van der Waals surface area contributed by atoms with E-state index in [1.165, 1.54) is 6.07 Å². The second-order valence-electron chi connectivity index (χ2n) is 3.62. The molecule has 0 unspecified atom stereocenters. The van der Waals surface area contributed by atoms with Crippen LogP contribution in [0.15, 0.2) is 35.6 Å². The number of hydrogen-bond donors (Lipinski definition) is 1. The van der Waals surface area contributed by atoms with Crippen molar-refractivity contribution in [3.05, 3.63) is 51.4 Å². The van der Waals surface area contributed by atoms with Crippen LogP contribution in [0, 0.1) is 0 Å². The summed E-state index contributed by atoms with van der Waals surface area (Å²) in [6.07, 6.45) is 1.69. The zero-order valence-electron chi connectivity index (χ0n) is 9.86. The van der Waals surface area contributed by atoms with E-state index in [1.54, 1.807) is 6.20 Å². The molecular formula is C12H9Cl3N4. The average molecular weight is 316 g/mol. The maximum atomic E-state index is 5.98. The smallest absolute Gasteiger partial charge is 0.166 e. The number of aromatic nitrogens is 2. The highest BCUT2D eigenvalue weighted by molar-refractivity contribution is 6.42. The van der Waals surface area contributed by atoms with Crippen molar-refractivity contribution in [2.45, 2.75) is 6.92 Å². The van der Waals surface area contributed by atoms with Crippen LogP contribution in [0.1, 0.15) is 12.6 Å². The van der Waals surface area contributed by atoms with Crippen molar-refractivity contribution in [1.29, 1.82) is 0 Å². The van der Waals surface area contributed by atoms with Gasteiger partial charge in [-0.15, -0.1) is 0 Å². The van der Waals surface area contributed by atoms with Gasteiger partial charge in [0.1, 0.15) is 5.15 Å². The summed E-state index contributed by atoms with van der Waals surface area (Å²) >= 11 is 17.6. The highest BCUT2D eigenvalue weighted by atomic mass is 35.5. The molecule has 0 fully saturated rings. The lowest BCUT2D eigenvalue weighted by Gasteiger charge is -2.05. The van der Waals surface area contributed by atoms with E-state index in [-0.39, 0.29) is 5.15 Å².